The highest BCUT2D eigenvalue weighted by atomic mass is 32.2. The maximum Gasteiger partial charge on any atom is 0.264 e. The fraction of sp³-hybridized carbons (Fsp3) is 0.375. The van der Waals surface area contributed by atoms with E-state index in [1.807, 2.05) is 78.8 Å². The molecular formula is C32H41N3O4S. The van der Waals surface area contributed by atoms with Crippen molar-refractivity contribution in [2.24, 2.45) is 0 Å². The lowest BCUT2D eigenvalue weighted by Gasteiger charge is -2.35. The Labute approximate surface area is 239 Å². The van der Waals surface area contributed by atoms with Crippen LogP contribution in [0.25, 0.3) is 0 Å². The smallest absolute Gasteiger partial charge is 0.264 e. The predicted molar refractivity (Wildman–Crippen MR) is 161 cm³/mol. The van der Waals surface area contributed by atoms with E-state index < -0.39 is 34.1 Å². The summed E-state index contributed by atoms with van der Waals surface area (Å²) >= 11 is 0. The number of rotatable bonds is 10. The van der Waals surface area contributed by atoms with Crippen molar-refractivity contribution in [2.75, 3.05) is 10.8 Å². The maximum atomic E-state index is 14.2. The lowest BCUT2D eigenvalue weighted by molar-refractivity contribution is -0.141. The number of nitrogens with one attached hydrogen (secondary N) is 1. The molecule has 0 radical (unpaired) electrons. The van der Waals surface area contributed by atoms with Gasteiger partial charge < -0.3 is 10.2 Å². The highest BCUT2D eigenvalue weighted by Crippen LogP contribution is 2.26. The first-order valence-corrected chi connectivity index (χ1v) is 15.0. The van der Waals surface area contributed by atoms with Crippen LogP contribution in [0.5, 0.6) is 0 Å². The molecule has 0 spiro atoms. The summed E-state index contributed by atoms with van der Waals surface area (Å²) in [4.78, 5) is 29.2. The lowest BCUT2D eigenvalue weighted by atomic mass is 10.0. The Morgan fingerprint density at radius 3 is 2.10 bits per heavy atom. The molecule has 0 saturated heterocycles. The lowest BCUT2D eigenvalue weighted by Crippen LogP contribution is -2.55. The van der Waals surface area contributed by atoms with Crippen LogP contribution in [0.4, 0.5) is 5.69 Å². The summed E-state index contributed by atoms with van der Waals surface area (Å²) in [5.41, 5.74) is 3.55. The predicted octanol–water partition coefficient (Wildman–Crippen LogP) is 5.53. The summed E-state index contributed by atoms with van der Waals surface area (Å²) in [7, 11) is -4.09. The number of hydrogen-bond donors (Lipinski definition) is 1. The molecule has 40 heavy (non-hydrogen) atoms. The standard InChI is InChI=1S/C32H41N3O4S/c1-8-29(31(37)33-32(5,6)7)34(21-26-14-10-9-13-25(26)4)30(36)22-35(27-15-11-12-24(3)20-27)40(38,39)28-18-16-23(2)17-19-28/h9-20,29H,8,21-22H2,1-7H3,(H,33,37). The normalized spacial score (nSPS) is 12.5. The van der Waals surface area contributed by atoms with Crippen molar-refractivity contribution in [3.8, 4) is 0 Å². The van der Waals surface area contributed by atoms with Crippen LogP contribution in [0.3, 0.4) is 0 Å². The molecule has 1 atom stereocenters. The zero-order valence-corrected chi connectivity index (χ0v) is 25.4. The zero-order chi connectivity index (χ0) is 29.7. The number of carbonyl (C=O) groups excluding carboxylic acids is 2. The highest BCUT2D eigenvalue weighted by Gasteiger charge is 2.34. The highest BCUT2D eigenvalue weighted by molar-refractivity contribution is 7.92. The largest absolute Gasteiger partial charge is 0.350 e. The molecule has 0 bridgehead atoms. The number of nitrogens with zero attached hydrogens (tertiary/aromatic N) is 2. The third kappa shape index (κ3) is 7.72. The average molecular weight is 564 g/mol. The minimum atomic E-state index is -4.09. The van der Waals surface area contributed by atoms with Crippen molar-refractivity contribution in [3.63, 3.8) is 0 Å². The first-order chi connectivity index (χ1) is 18.7. The van der Waals surface area contributed by atoms with Gasteiger partial charge in [0.1, 0.15) is 12.6 Å². The monoisotopic (exact) mass is 563 g/mol. The Hall–Kier alpha value is -3.65. The van der Waals surface area contributed by atoms with E-state index in [-0.39, 0.29) is 17.3 Å². The molecule has 3 aromatic carbocycles. The van der Waals surface area contributed by atoms with Gasteiger partial charge in [-0.1, -0.05) is 61.0 Å². The second-order valence-corrected chi connectivity index (χ2v) is 13.1. The van der Waals surface area contributed by atoms with Crippen LogP contribution >= 0.6 is 0 Å². The van der Waals surface area contributed by atoms with Crippen LogP contribution in [-0.4, -0.2) is 43.3 Å². The van der Waals surface area contributed by atoms with Crippen molar-refractivity contribution in [2.45, 2.75) is 77.9 Å². The molecule has 7 nitrogen and oxygen atoms in total. The number of hydrogen-bond acceptors (Lipinski definition) is 4. The number of amides is 2. The minimum Gasteiger partial charge on any atom is -0.350 e. The van der Waals surface area contributed by atoms with Crippen LogP contribution in [-0.2, 0) is 26.2 Å². The average Bonchev–Trinajstić information content (AvgIpc) is 2.87. The molecule has 0 aliphatic heterocycles. The topological polar surface area (TPSA) is 86.8 Å². The van der Waals surface area contributed by atoms with Crippen molar-refractivity contribution < 1.29 is 18.0 Å². The van der Waals surface area contributed by atoms with Gasteiger partial charge in [0.15, 0.2) is 0 Å². The van der Waals surface area contributed by atoms with Gasteiger partial charge >= 0.3 is 0 Å². The molecule has 0 aliphatic rings. The third-order valence-corrected chi connectivity index (χ3v) is 8.45. The van der Waals surface area contributed by atoms with Crippen molar-refractivity contribution in [1.82, 2.24) is 10.2 Å². The maximum absolute atomic E-state index is 14.2. The van der Waals surface area contributed by atoms with Gasteiger partial charge in [0, 0.05) is 12.1 Å². The summed E-state index contributed by atoms with van der Waals surface area (Å²) in [5.74, 6) is -0.739. The van der Waals surface area contributed by atoms with E-state index in [9.17, 15) is 18.0 Å². The molecule has 3 rings (SSSR count). The van der Waals surface area contributed by atoms with E-state index in [0.29, 0.717) is 12.1 Å². The molecule has 214 valence electrons. The number of sulfonamides is 1. The minimum absolute atomic E-state index is 0.0929. The molecule has 1 N–H and O–H groups in total. The Morgan fingerprint density at radius 2 is 1.52 bits per heavy atom. The second kappa shape index (κ2) is 12.7. The van der Waals surface area contributed by atoms with Crippen LogP contribution in [0.15, 0.2) is 77.7 Å². The van der Waals surface area contributed by atoms with Gasteiger partial charge in [-0.25, -0.2) is 8.42 Å². The summed E-state index contributed by atoms with van der Waals surface area (Å²) in [6, 6.07) is 20.5. The van der Waals surface area contributed by atoms with Crippen LogP contribution < -0.4 is 9.62 Å². The van der Waals surface area contributed by atoms with E-state index in [1.165, 1.54) is 4.90 Å². The van der Waals surface area contributed by atoms with Crippen LogP contribution in [0.2, 0.25) is 0 Å². The fourth-order valence-corrected chi connectivity index (χ4v) is 5.90. The molecule has 8 heteroatoms. The first kappa shape index (κ1) is 30.9. The molecule has 0 saturated carbocycles. The number of carbonyl (C=O) groups is 2. The summed E-state index contributed by atoms with van der Waals surface area (Å²) in [6.45, 7) is 12.9. The first-order valence-electron chi connectivity index (χ1n) is 13.5. The van der Waals surface area contributed by atoms with E-state index >= 15 is 0 Å². The quantitative estimate of drug-likeness (QED) is 0.352. The van der Waals surface area contributed by atoms with Crippen LogP contribution in [0, 0.1) is 20.8 Å². The summed E-state index contributed by atoms with van der Waals surface area (Å²) in [5, 5.41) is 3.00. The van der Waals surface area contributed by atoms with Crippen LogP contribution in [0.1, 0.15) is 56.4 Å². The Balaban J connectivity index is 2.09. The second-order valence-electron chi connectivity index (χ2n) is 11.3. The molecule has 0 heterocycles. The van der Waals surface area contributed by atoms with Gasteiger partial charge in [0.05, 0.1) is 10.6 Å². The van der Waals surface area contributed by atoms with E-state index in [1.54, 1.807) is 42.5 Å². The van der Waals surface area contributed by atoms with Gasteiger partial charge in [-0.05, 0) is 88.9 Å². The number of benzene rings is 3. The molecule has 2 amide bonds. The van der Waals surface area contributed by atoms with Gasteiger partial charge in [0.2, 0.25) is 11.8 Å². The van der Waals surface area contributed by atoms with Crippen molar-refractivity contribution in [3.05, 3.63) is 95.1 Å². The fourth-order valence-electron chi connectivity index (χ4n) is 4.49. The Bertz CT molecular complexity index is 1440. The van der Waals surface area contributed by atoms with E-state index in [0.717, 1.165) is 26.6 Å². The SMILES string of the molecule is CCC(C(=O)NC(C)(C)C)N(Cc1ccccc1C)C(=O)CN(c1cccc(C)c1)S(=O)(=O)c1ccc(C)cc1. The molecule has 1 unspecified atom stereocenters. The molecule has 0 fully saturated rings. The van der Waals surface area contributed by atoms with Crippen molar-refractivity contribution in [1.29, 1.82) is 0 Å². The van der Waals surface area contributed by atoms with Crippen molar-refractivity contribution >= 4 is 27.5 Å². The summed E-state index contributed by atoms with van der Waals surface area (Å²) in [6.07, 6.45) is 0.370. The third-order valence-electron chi connectivity index (χ3n) is 6.66. The molecule has 0 aromatic heterocycles. The van der Waals surface area contributed by atoms with E-state index in [4.69, 9.17) is 0 Å². The van der Waals surface area contributed by atoms with Gasteiger partial charge in [-0.2, -0.15) is 0 Å². The Morgan fingerprint density at radius 1 is 0.875 bits per heavy atom. The number of anilines is 1. The molecular weight excluding hydrogens is 522 g/mol. The molecule has 0 aliphatic carbocycles. The summed E-state index contributed by atoms with van der Waals surface area (Å²) < 4.78 is 29.1. The molecule has 3 aromatic rings. The zero-order valence-electron chi connectivity index (χ0n) is 24.6. The van der Waals surface area contributed by atoms with Gasteiger partial charge in [-0.3, -0.25) is 13.9 Å². The van der Waals surface area contributed by atoms with Gasteiger partial charge in [0.25, 0.3) is 10.0 Å². The Kier molecular flexibility index (Phi) is 9.79. The number of aryl methyl sites for hydroxylation is 3. The van der Waals surface area contributed by atoms with Gasteiger partial charge in [-0.15, -0.1) is 0 Å². The van der Waals surface area contributed by atoms with E-state index in [2.05, 4.69) is 5.32 Å².